The van der Waals surface area contributed by atoms with Crippen molar-refractivity contribution in [1.82, 2.24) is 4.98 Å². The molecule has 0 saturated carbocycles. The smallest absolute Gasteiger partial charge is 0.168 e. The third-order valence-corrected chi connectivity index (χ3v) is 2.89. The van der Waals surface area contributed by atoms with Crippen molar-refractivity contribution in [3.63, 3.8) is 0 Å². The quantitative estimate of drug-likeness (QED) is 0.855. The van der Waals surface area contributed by atoms with Gasteiger partial charge in [-0.15, -0.1) is 0 Å². The lowest BCUT2D eigenvalue weighted by atomic mass is 10.1. The summed E-state index contributed by atoms with van der Waals surface area (Å²) in [6, 6.07) is 6.86. The van der Waals surface area contributed by atoms with E-state index in [2.05, 4.69) is 15.6 Å². The molecule has 2 rings (SSSR count). The van der Waals surface area contributed by atoms with Crippen molar-refractivity contribution in [2.24, 2.45) is 0 Å². The van der Waals surface area contributed by atoms with Crippen LogP contribution >= 0.6 is 0 Å². The van der Waals surface area contributed by atoms with E-state index in [1.165, 1.54) is 12.1 Å². The summed E-state index contributed by atoms with van der Waals surface area (Å²) in [6.45, 7) is 2.70. The van der Waals surface area contributed by atoms with E-state index in [-0.39, 0.29) is 17.5 Å². The second-order valence-electron chi connectivity index (χ2n) is 4.48. The molecule has 0 unspecified atom stereocenters. The molecule has 0 bridgehead atoms. The van der Waals surface area contributed by atoms with Gasteiger partial charge >= 0.3 is 0 Å². The van der Waals surface area contributed by atoms with E-state index in [1.807, 2.05) is 0 Å². The summed E-state index contributed by atoms with van der Waals surface area (Å²) in [5.41, 5.74) is 0.915. The van der Waals surface area contributed by atoms with Gasteiger partial charge in [0.1, 0.15) is 5.82 Å². The fourth-order valence-electron chi connectivity index (χ4n) is 1.86. The van der Waals surface area contributed by atoms with Crippen molar-refractivity contribution in [3.05, 3.63) is 53.3 Å². The normalized spacial score (nSPS) is 10.5. The highest BCUT2D eigenvalue weighted by Crippen LogP contribution is 2.18. The highest BCUT2D eigenvalue weighted by Gasteiger charge is 2.10. The Balaban J connectivity index is 1.99. The maximum Gasteiger partial charge on any atom is 0.168 e. The average Bonchev–Trinajstić information content (AvgIpc) is 2.46. The topological polar surface area (TPSA) is 37.0 Å². The zero-order chi connectivity index (χ0) is 15.2. The molecule has 0 fully saturated rings. The first kappa shape index (κ1) is 15.2. The van der Waals surface area contributed by atoms with Crippen molar-refractivity contribution in [3.8, 4) is 0 Å². The molecular weight excluding hydrogens is 279 g/mol. The number of hydrogen-bond donors (Lipinski definition) is 2. The maximum absolute atomic E-state index is 13.6. The summed E-state index contributed by atoms with van der Waals surface area (Å²) in [5, 5.41) is 5.54. The van der Waals surface area contributed by atoms with Crippen LogP contribution in [0.1, 0.15) is 12.5 Å². The van der Waals surface area contributed by atoms with Gasteiger partial charge in [0.2, 0.25) is 0 Å². The Morgan fingerprint density at radius 3 is 2.19 bits per heavy atom. The molecule has 6 heteroatoms. The molecule has 0 aliphatic rings. The molecular formula is C15H16F3N3. The van der Waals surface area contributed by atoms with Crippen LogP contribution in [-0.2, 0) is 6.42 Å². The zero-order valence-corrected chi connectivity index (χ0v) is 11.6. The number of aromatic nitrogens is 1. The number of pyridine rings is 1. The van der Waals surface area contributed by atoms with Crippen LogP contribution in [0.15, 0.2) is 30.3 Å². The Hall–Kier alpha value is -2.24. The van der Waals surface area contributed by atoms with Crippen LogP contribution in [-0.4, -0.2) is 18.1 Å². The minimum Gasteiger partial charge on any atom is -0.368 e. The Morgan fingerprint density at radius 1 is 0.952 bits per heavy atom. The maximum atomic E-state index is 13.6. The summed E-state index contributed by atoms with van der Waals surface area (Å²) in [6.07, 6.45) is 0.579. The molecule has 1 heterocycles. The van der Waals surface area contributed by atoms with E-state index in [9.17, 15) is 13.2 Å². The van der Waals surface area contributed by atoms with Crippen molar-refractivity contribution in [2.45, 2.75) is 13.3 Å². The minimum atomic E-state index is -0.742. The summed E-state index contributed by atoms with van der Waals surface area (Å²) < 4.78 is 39.8. The second kappa shape index (κ2) is 6.97. The lowest BCUT2D eigenvalue weighted by molar-refractivity contribution is 0.578. The van der Waals surface area contributed by atoms with Gasteiger partial charge in [-0.3, -0.25) is 0 Å². The third kappa shape index (κ3) is 4.11. The van der Waals surface area contributed by atoms with E-state index < -0.39 is 11.6 Å². The predicted molar refractivity (Wildman–Crippen MR) is 76.9 cm³/mol. The van der Waals surface area contributed by atoms with E-state index in [4.69, 9.17) is 0 Å². The Labute approximate surface area is 121 Å². The minimum absolute atomic E-state index is 0.00513. The number of nitrogens with zero attached hydrogens (tertiary/aromatic N) is 1. The van der Waals surface area contributed by atoms with E-state index >= 15 is 0 Å². The molecule has 21 heavy (non-hydrogen) atoms. The predicted octanol–water partition coefficient (Wildman–Crippen LogP) is 3.59. The van der Waals surface area contributed by atoms with Gasteiger partial charge in [0.15, 0.2) is 23.3 Å². The first-order valence-corrected chi connectivity index (χ1v) is 6.68. The molecule has 0 amide bonds. The van der Waals surface area contributed by atoms with Crippen LogP contribution in [0, 0.1) is 17.5 Å². The van der Waals surface area contributed by atoms with Gasteiger partial charge in [-0.25, -0.2) is 18.2 Å². The largest absolute Gasteiger partial charge is 0.368 e. The lowest BCUT2D eigenvalue weighted by Gasteiger charge is -2.10. The van der Waals surface area contributed by atoms with Crippen molar-refractivity contribution >= 4 is 11.6 Å². The molecule has 0 aliphatic carbocycles. The van der Waals surface area contributed by atoms with Crippen LogP contribution in [0.4, 0.5) is 24.8 Å². The van der Waals surface area contributed by atoms with Crippen LogP contribution < -0.4 is 10.6 Å². The van der Waals surface area contributed by atoms with E-state index in [0.717, 1.165) is 11.6 Å². The molecule has 1 aromatic carbocycles. The monoisotopic (exact) mass is 295 g/mol. The van der Waals surface area contributed by atoms with Gasteiger partial charge in [-0.1, -0.05) is 12.1 Å². The molecule has 1 aromatic heterocycles. The Kier molecular flexibility index (Phi) is 5.03. The highest BCUT2D eigenvalue weighted by molar-refractivity contribution is 5.47. The molecule has 0 atom stereocenters. The first-order valence-electron chi connectivity index (χ1n) is 6.68. The fraction of sp³-hybridized carbons (Fsp3) is 0.267. The van der Waals surface area contributed by atoms with Crippen molar-refractivity contribution < 1.29 is 13.2 Å². The van der Waals surface area contributed by atoms with Gasteiger partial charge in [-0.2, -0.15) is 0 Å². The molecule has 112 valence electrons. The zero-order valence-electron chi connectivity index (χ0n) is 11.6. The standard InChI is InChI=1S/C15H16F3N3/c1-2-19-14-12(17)9-13(18)15(21-14)20-8-7-10-3-5-11(16)6-4-10/h3-6,9H,2,7-8H2,1H3,(H2,19,20,21). The molecule has 2 aromatic rings. The van der Waals surface area contributed by atoms with Crippen LogP contribution in [0.3, 0.4) is 0 Å². The average molecular weight is 295 g/mol. The van der Waals surface area contributed by atoms with Crippen LogP contribution in [0.2, 0.25) is 0 Å². The number of nitrogens with one attached hydrogen (secondary N) is 2. The molecule has 0 radical (unpaired) electrons. The highest BCUT2D eigenvalue weighted by atomic mass is 19.1. The summed E-state index contributed by atoms with van der Waals surface area (Å²) in [4.78, 5) is 3.87. The van der Waals surface area contributed by atoms with E-state index in [1.54, 1.807) is 19.1 Å². The van der Waals surface area contributed by atoms with E-state index in [0.29, 0.717) is 19.5 Å². The lowest BCUT2D eigenvalue weighted by Crippen LogP contribution is -2.11. The molecule has 3 nitrogen and oxygen atoms in total. The van der Waals surface area contributed by atoms with Gasteiger partial charge in [0, 0.05) is 19.2 Å². The molecule has 0 aliphatic heterocycles. The molecule has 2 N–H and O–H groups in total. The second-order valence-corrected chi connectivity index (χ2v) is 4.48. The van der Waals surface area contributed by atoms with Gasteiger partial charge in [0.05, 0.1) is 0 Å². The van der Waals surface area contributed by atoms with Gasteiger partial charge in [-0.05, 0) is 31.0 Å². The van der Waals surface area contributed by atoms with Crippen molar-refractivity contribution in [1.29, 1.82) is 0 Å². The Bertz CT molecular complexity index is 600. The third-order valence-electron chi connectivity index (χ3n) is 2.89. The van der Waals surface area contributed by atoms with Gasteiger partial charge < -0.3 is 10.6 Å². The number of benzene rings is 1. The Morgan fingerprint density at radius 2 is 1.57 bits per heavy atom. The summed E-state index contributed by atoms with van der Waals surface area (Å²) in [7, 11) is 0. The van der Waals surface area contributed by atoms with Crippen LogP contribution in [0.5, 0.6) is 0 Å². The number of halogens is 3. The van der Waals surface area contributed by atoms with Gasteiger partial charge in [0.25, 0.3) is 0 Å². The fourth-order valence-corrected chi connectivity index (χ4v) is 1.86. The molecule has 0 spiro atoms. The number of rotatable bonds is 6. The summed E-state index contributed by atoms with van der Waals surface area (Å²) >= 11 is 0. The number of hydrogen-bond acceptors (Lipinski definition) is 3. The SMILES string of the molecule is CCNc1nc(NCCc2ccc(F)cc2)c(F)cc1F. The number of anilines is 2. The van der Waals surface area contributed by atoms with Crippen molar-refractivity contribution in [2.75, 3.05) is 23.7 Å². The van der Waals surface area contributed by atoms with Crippen LogP contribution in [0.25, 0.3) is 0 Å². The molecule has 0 saturated heterocycles. The summed E-state index contributed by atoms with van der Waals surface area (Å²) in [5.74, 6) is -1.75. The first-order chi connectivity index (χ1) is 10.1.